The van der Waals surface area contributed by atoms with Gasteiger partial charge in [-0.2, -0.15) is 0 Å². The molecule has 0 spiro atoms. The van der Waals surface area contributed by atoms with Crippen LogP contribution in [0.1, 0.15) is 61.3 Å². The molecule has 3 aromatic rings. The number of anilines is 1. The molecule has 1 aliphatic heterocycles. The van der Waals surface area contributed by atoms with Crippen LogP contribution in [-0.2, 0) is 6.42 Å². The molecule has 0 bridgehead atoms. The molecule has 1 amide bonds. The Kier molecular flexibility index (Phi) is 5.32. The van der Waals surface area contributed by atoms with Crippen molar-refractivity contribution in [2.45, 2.75) is 46.0 Å². The molecule has 5 rings (SSSR count). The summed E-state index contributed by atoms with van der Waals surface area (Å²) in [6.07, 6.45) is 4.61. The molecule has 168 valence electrons. The maximum Gasteiger partial charge on any atom is 0.259 e. The average Bonchev–Trinajstić information content (AvgIpc) is 3.55. The fourth-order valence-corrected chi connectivity index (χ4v) is 4.39. The van der Waals surface area contributed by atoms with Crippen molar-refractivity contribution in [1.29, 1.82) is 0 Å². The third-order valence-corrected chi connectivity index (χ3v) is 6.29. The highest BCUT2D eigenvalue weighted by molar-refractivity contribution is 6.30. The van der Waals surface area contributed by atoms with Gasteiger partial charge in [-0.3, -0.25) is 4.79 Å². The lowest BCUT2D eigenvalue weighted by molar-refractivity contribution is 0.0748. The number of hydrogen-bond donors (Lipinski definition) is 0. The van der Waals surface area contributed by atoms with E-state index in [1.807, 2.05) is 23.1 Å². The van der Waals surface area contributed by atoms with Gasteiger partial charge in [0.1, 0.15) is 5.82 Å². The van der Waals surface area contributed by atoms with Crippen LogP contribution in [-0.4, -0.2) is 52.1 Å². The standard InChI is InChI=1S/C24H28ClN5O2/c1-24(2,3)13-19-21-17(12-18(15-4-5-15)27-22(21)32-28-19)23(31)30-10-8-29(9-11-30)20-7-6-16(25)14-26-20/h6-7,12,14-15H,4-5,8-11,13H2,1-3H3. The molecule has 1 saturated heterocycles. The lowest BCUT2D eigenvalue weighted by atomic mass is 9.89. The summed E-state index contributed by atoms with van der Waals surface area (Å²) in [4.78, 5) is 26.9. The summed E-state index contributed by atoms with van der Waals surface area (Å²) in [5.41, 5.74) is 2.95. The SMILES string of the molecule is CC(C)(C)Cc1noc2nc(C3CC3)cc(C(=O)N3CCN(c4ccc(Cl)cn4)CC3)c12. The minimum Gasteiger partial charge on any atom is -0.353 e. The largest absolute Gasteiger partial charge is 0.353 e. The van der Waals surface area contributed by atoms with Crippen LogP contribution in [0.25, 0.3) is 11.1 Å². The van der Waals surface area contributed by atoms with E-state index in [-0.39, 0.29) is 11.3 Å². The maximum absolute atomic E-state index is 13.7. The number of rotatable bonds is 4. The molecular weight excluding hydrogens is 426 g/mol. The molecule has 0 atom stereocenters. The number of amides is 1. The Morgan fingerprint density at radius 3 is 2.56 bits per heavy atom. The summed E-state index contributed by atoms with van der Waals surface area (Å²) < 4.78 is 5.62. The van der Waals surface area contributed by atoms with Crippen LogP contribution >= 0.6 is 11.6 Å². The number of hydrogen-bond acceptors (Lipinski definition) is 6. The summed E-state index contributed by atoms with van der Waals surface area (Å²) in [5, 5.41) is 5.71. The van der Waals surface area contributed by atoms with Crippen LogP contribution in [0, 0.1) is 5.41 Å². The second kappa shape index (κ2) is 8.03. The monoisotopic (exact) mass is 453 g/mol. The van der Waals surface area contributed by atoms with E-state index in [2.05, 4.69) is 35.8 Å². The van der Waals surface area contributed by atoms with Crippen molar-refractivity contribution in [2.24, 2.45) is 5.41 Å². The molecule has 0 aromatic carbocycles. The molecule has 2 aliphatic rings. The van der Waals surface area contributed by atoms with Gasteiger partial charge in [0.25, 0.3) is 11.6 Å². The molecular formula is C24H28ClN5O2. The van der Waals surface area contributed by atoms with Gasteiger partial charge < -0.3 is 14.3 Å². The first-order valence-electron chi connectivity index (χ1n) is 11.2. The van der Waals surface area contributed by atoms with Gasteiger partial charge in [0.15, 0.2) is 0 Å². The highest BCUT2D eigenvalue weighted by Crippen LogP contribution is 2.41. The Balaban J connectivity index is 1.42. The number of halogens is 1. The Labute approximate surface area is 192 Å². The molecule has 32 heavy (non-hydrogen) atoms. The minimum absolute atomic E-state index is 0.0243. The van der Waals surface area contributed by atoms with E-state index < -0.39 is 0 Å². The lowest BCUT2D eigenvalue weighted by Gasteiger charge is -2.35. The predicted molar refractivity (Wildman–Crippen MR) is 124 cm³/mol. The number of carbonyl (C=O) groups excluding carboxylic acids is 1. The lowest BCUT2D eigenvalue weighted by Crippen LogP contribution is -2.49. The zero-order valence-electron chi connectivity index (χ0n) is 18.8. The second-order valence-corrected chi connectivity index (χ2v) is 10.5. The van der Waals surface area contributed by atoms with Gasteiger partial charge in [-0.25, -0.2) is 9.97 Å². The molecule has 0 radical (unpaired) electrons. The number of aromatic nitrogens is 3. The zero-order valence-corrected chi connectivity index (χ0v) is 19.5. The van der Waals surface area contributed by atoms with Crippen molar-refractivity contribution in [3.8, 4) is 0 Å². The van der Waals surface area contributed by atoms with Gasteiger partial charge in [-0.05, 0) is 42.9 Å². The van der Waals surface area contributed by atoms with E-state index >= 15 is 0 Å². The average molecular weight is 454 g/mol. The fraction of sp³-hybridized carbons (Fsp3) is 0.500. The van der Waals surface area contributed by atoms with Crippen molar-refractivity contribution in [1.82, 2.24) is 20.0 Å². The van der Waals surface area contributed by atoms with Gasteiger partial charge in [0.05, 0.1) is 21.7 Å². The Morgan fingerprint density at radius 2 is 1.94 bits per heavy atom. The third-order valence-electron chi connectivity index (χ3n) is 6.06. The van der Waals surface area contributed by atoms with Gasteiger partial charge in [0, 0.05) is 44.0 Å². The second-order valence-electron chi connectivity index (χ2n) is 10.0. The summed E-state index contributed by atoms with van der Waals surface area (Å²) in [6.45, 7) is 9.18. The first-order chi connectivity index (χ1) is 15.3. The first kappa shape index (κ1) is 21.2. The maximum atomic E-state index is 13.7. The van der Waals surface area contributed by atoms with E-state index in [9.17, 15) is 4.79 Å². The van der Waals surface area contributed by atoms with Crippen molar-refractivity contribution in [3.05, 3.63) is 46.4 Å². The minimum atomic E-state index is 0.0243. The van der Waals surface area contributed by atoms with Crippen molar-refractivity contribution in [2.75, 3.05) is 31.1 Å². The van der Waals surface area contributed by atoms with Crippen molar-refractivity contribution < 1.29 is 9.32 Å². The van der Waals surface area contributed by atoms with Crippen LogP contribution in [0.4, 0.5) is 5.82 Å². The van der Waals surface area contributed by atoms with E-state index in [0.717, 1.165) is 54.9 Å². The molecule has 1 saturated carbocycles. The van der Waals surface area contributed by atoms with E-state index in [1.165, 1.54) is 0 Å². The zero-order chi connectivity index (χ0) is 22.5. The van der Waals surface area contributed by atoms with Crippen molar-refractivity contribution in [3.63, 3.8) is 0 Å². The Morgan fingerprint density at radius 1 is 1.19 bits per heavy atom. The molecule has 8 heteroatoms. The molecule has 1 aliphatic carbocycles. The highest BCUT2D eigenvalue weighted by atomic mass is 35.5. The summed E-state index contributed by atoms with van der Waals surface area (Å²) in [7, 11) is 0. The van der Waals surface area contributed by atoms with Crippen molar-refractivity contribution >= 4 is 34.4 Å². The smallest absolute Gasteiger partial charge is 0.259 e. The van der Waals surface area contributed by atoms with Gasteiger partial charge in [0.2, 0.25) is 0 Å². The number of piperazine rings is 1. The molecule has 3 aromatic heterocycles. The van der Waals surface area contributed by atoms with E-state index in [1.54, 1.807) is 6.20 Å². The third kappa shape index (κ3) is 4.31. The molecule has 7 nitrogen and oxygen atoms in total. The highest BCUT2D eigenvalue weighted by Gasteiger charge is 2.32. The van der Waals surface area contributed by atoms with Crippen LogP contribution in [0.15, 0.2) is 28.9 Å². The molecule has 2 fully saturated rings. The van der Waals surface area contributed by atoms with Gasteiger partial charge >= 0.3 is 0 Å². The van der Waals surface area contributed by atoms with Gasteiger partial charge in [-0.15, -0.1) is 0 Å². The first-order valence-corrected chi connectivity index (χ1v) is 11.6. The summed E-state index contributed by atoms with van der Waals surface area (Å²) in [5.74, 6) is 1.34. The topological polar surface area (TPSA) is 75.4 Å². The number of carbonyl (C=O) groups is 1. The van der Waals surface area contributed by atoms with Crippen LogP contribution in [0.5, 0.6) is 0 Å². The summed E-state index contributed by atoms with van der Waals surface area (Å²) >= 11 is 5.96. The van der Waals surface area contributed by atoms with Crippen LogP contribution in [0.2, 0.25) is 5.02 Å². The Hall–Kier alpha value is -2.67. The van der Waals surface area contributed by atoms with Gasteiger partial charge in [-0.1, -0.05) is 37.5 Å². The van der Waals surface area contributed by atoms with E-state index in [4.69, 9.17) is 21.1 Å². The molecule has 0 N–H and O–H groups in total. The molecule has 0 unspecified atom stereocenters. The quantitative estimate of drug-likeness (QED) is 0.570. The molecule has 4 heterocycles. The fourth-order valence-electron chi connectivity index (χ4n) is 4.27. The van der Waals surface area contributed by atoms with Crippen LogP contribution in [0.3, 0.4) is 0 Å². The van der Waals surface area contributed by atoms with E-state index in [0.29, 0.717) is 35.3 Å². The number of fused-ring (bicyclic) bond motifs is 1. The van der Waals surface area contributed by atoms with Crippen LogP contribution < -0.4 is 4.90 Å². The number of nitrogens with zero attached hydrogens (tertiary/aromatic N) is 5. The normalized spacial score (nSPS) is 17.2. The predicted octanol–water partition coefficient (Wildman–Crippen LogP) is 4.70. The summed E-state index contributed by atoms with van der Waals surface area (Å²) in [6, 6.07) is 5.75. The number of pyridine rings is 2. The Bertz CT molecular complexity index is 1140.